The second kappa shape index (κ2) is 13.1. The maximum absolute atomic E-state index is 5.89. The molecule has 0 bridgehead atoms. The van der Waals surface area contributed by atoms with Crippen LogP contribution in [-0.4, -0.2) is 38.9 Å². The summed E-state index contributed by atoms with van der Waals surface area (Å²) in [5.74, 6) is 1.02. The van der Waals surface area contributed by atoms with Gasteiger partial charge in [-0.2, -0.15) is 0 Å². The fourth-order valence-electron chi connectivity index (χ4n) is 2.55. The first-order valence-electron chi connectivity index (χ1n) is 7.98. The average molecular weight is 327 g/mol. The van der Waals surface area contributed by atoms with Crippen LogP contribution < -0.4 is 10.6 Å². The Balaban J connectivity index is 0.00000180. The van der Waals surface area contributed by atoms with E-state index in [2.05, 4.69) is 10.6 Å². The Morgan fingerprint density at radius 2 is 1.60 bits per heavy atom. The molecule has 5 heteroatoms. The number of hydrogen-bond donors (Lipinski definition) is 2. The van der Waals surface area contributed by atoms with Crippen LogP contribution in [0.15, 0.2) is 0 Å². The highest BCUT2D eigenvalue weighted by atomic mass is 35.5. The lowest BCUT2D eigenvalue weighted by atomic mass is 10.1. The molecule has 0 spiro atoms. The zero-order valence-electron chi connectivity index (χ0n) is 12.6. The Hall–Kier alpha value is 0.460. The third-order valence-corrected chi connectivity index (χ3v) is 4.02. The summed E-state index contributed by atoms with van der Waals surface area (Å²) < 4.78 is 5.89. The number of nitrogens with one attached hydrogen (secondary N) is 2. The van der Waals surface area contributed by atoms with E-state index in [1.807, 2.05) is 0 Å². The Morgan fingerprint density at radius 3 is 2.30 bits per heavy atom. The summed E-state index contributed by atoms with van der Waals surface area (Å²) in [6.07, 6.45) is 11.1. The van der Waals surface area contributed by atoms with Gasteiger partial charge in [0.25, 0.3) is 0 Å². The van der Waals surface area contributed by atoms with Crippen molar-refractivity contribution in [3.8, 4) is 0 Å². The van der Waals surface area contributed by atoms with E-state index < -0.39 is 0 Å². The van der Waals surface area contributed by atoms with Crippen molar-refractivity contribution in [1.82, 2.24) is 10.6 Å². The number of hydrogen-bond acceptors (Lipinski definition) is 3. The molecule has 0 atom stereocenters. The second-order valence-corrected chi connectivity index (χ2v) is 5.88. The van der Waals surface area contributed by atoms with Crippen LogP contribution in [0.5, 0.6) is 0 Å². The lowest BCUT2D eigenvalue weighted by Gasteiger charge is -2.22. The van der Waals surface area contributed by atoms with Gasteiger partial charge in [0.15, 0.2) is 0 Å². The molecule has 2 N–H and O–H groups in total. The minimum absolute atomic E-state index is 0. The van der Waals surface area contributed by atoms with E-state index >= 15 is 0 Å². The summed E-state index contributed by atoms with van der Waals surface area (Å²) in [4.78, 5) is 0. The van der Waals surface area contributed by atoms with Crippen LogP contribution >= 0.6 is 24.8 Å². The van der Waals surface area contributed by atoms with E-state index in [4.69, 9.17) is 4.74 Å². The third kappa shape index (κ3) is 10.2. The van der Waals surface area contributed by atoms with Crippen molar-refractivity contribution in [3.05, 3.63) is 0 Å². The number of ether oxygens (including phenoxy) is 1. The first-order valence-corrected chi connectivity index (χ1v) is 7.98. The molecule has 3 nitrogen and oxygen atoms in total. The number of unbranched alkanes of at least 4 members (excludes halogenated alkanes) is 3. The molecule has 0 radical (unpaired) electrons. The molecule has 1 saturated heterocycles. The first-order chi connectivity index (χ1) is 8.95. The smallest absolute Gasteiger partial charge is 0.0599 e. The summed E-state index contributed by atoms with van der Waals surface area (Å²) in [5.41, 5.74) is 0. The molecule has 0 unspecified atom stereocenters. The van der Waals surface area contributed by atoms with Gasteiger partial charge in [0.2, 0.25) is 0 Å². The van der Waals surface area contributed by atoms with Crippen LogP contribution in [-0.2, 0) is 4.74 Å². The van der Waals surface area contributed by atoms with Crippen molar-refractivity contribution in [1.29, 1.82) is 0 Å². The van der Waals surface area contributed by atoms with Gasteiger partial charge in [-0.25, -0.2) is 0 Å². The molecule has 0 amide bonds. The Bertz CT molecular complexity index is 210. The lowest BCUT2D eigenvalue weighted by molar-refractivity contribution is 0.0307. The topological polar surface area (TPSA) is 33.3 Å². The molecule has 20 heavy (non-hydrogen) atoms. The van der Waals surface area contributed by atoms with Gasteiger partial charge in [-0.05, 0) is 70.6 Å². The van der Waals surface area contributed by atoms with Crippen LogP contribution in [0.4, 0.5) is 0 Å². The van der Waals surface area contributed by atoms with E-state index in [1.165, 1.54) is 64.5 Å². The summed E-state index contributed by atoms with van der Waals surface area (Å²) in [7, 11) is 0. The van der Waals surface area contributed by atoms with Crippen LogP contribution in [0.1, 0.15) is 51.4 Å². The normalized spacial score (nSPS) is 19.2. The lowest BCUT2D eigenvalue weighted by Crippen LogP contribution is -2.32. The molecular formula is C15H32Cl2N2O. The highest BCUT2D eigenvalue weighted by Gasteiger charge is 2.19. The molecule has 1 aliphatic heterocycles. The Morgan fingerprint density at radius 1 is 0.900 bits per heavy atom. The first kappa shape index (κ1) is 20.5. The molecule has 1 heterocycles. The average Bonchev–Trinajstić information content (AvgIpc) is 3.22. The number of piperidine rings is 1. The van der Waals surface area contributed by atoms with Gasteiger partial charge in [0, 0.05) is 6.61 Å². The van der Waals surface area contributed by atoms with Crippen LogP contribution in [0.25, 0.3) is 0 Å². The molecular weight excluding hydrogens is 295 g/mol. The Kier molecular flexibility index (Phi) is 13.4. The minimum Gasteiger partial charge on any atom is -0.378 e. The van der Waals surface area contributed by atoms with Gasteiger partial charge in [-0.3, -0.25) is 0 Å². The van der Waals surface area contributed by atoms with Crippen LogP contribution in [0.3, 0.4) is 0 Å². The minimum atomic E-state index is 0. The van der Waals surface area contributed by atoms with E-state index in [0.29, 0.717) is 6.10 Å². The summed E-state index contributed by atoms with van der Waals surface area (Å²) >= 11 is 0. The zero-order chi connectivity index (χ0) is 12.5. The molecule has 1 saturated carbocycles. The molecule has 1 aliphatic carbocycles. The standard InChI is InChI=1S/C15H30N2O.2ClH/c1(3-9-17-13-14-5-6-14)2-4-12-18-15-7-10-16-11-8-15;;/h14-17H,1-13H2;2*1H. The fourth-order valence-corrected chi connectivity index (χ4v) is 2.55. The van der Waals surface area contributed by atoms with Crippen LogP contribution in [0, 0.1) is 5.92 Å². The highest BCUT2D eigenvalue weighted by molar-refractivity contribution is 5.85. The SMILES string of the molecule is C(CCCOC1CCNCC1)CCNCC1CC1.Cl.Cl. The van der Waals surface area contributed by atoms with E-state index in [9.17, 15) is 0 Å². The predicted octanol–water partition coefficient (Wildman–Crippen LogP) is 3.16. The van der Waals surface area contributed by atoms with Crippen molar-refractivity contribution in [3.63, 3.8) is 0 Å². The van der Waals surface area contributed by atoms with Gasteiger partial charge in [0.05, 0.1) is 6.10 Å². The molecule has 122 valence electrons. The third-order valence-electron chi connectivity index (χ3n) is 4.02. The monoisotopic (exact) mass is 326 g/mol. The van der Waals surface area contributed by atoms with E-state index in [0.717, 1.165) is 25.6 Å². The van der Waals surface area contributed by atoms with Crippen LogP contribution in [0.2, 0.25) is 0 Å². The maximum atomic E-state index is 5.89. The molecule has 2 aliphatic rings. The summed E-state index contributed by atoms with van der Waals surface area (Å²) in [5, 5.41) is 6.92. The molecule has 0 aromatic rings. The van der Waals surface area contributed by atoms with Crippen molar-refractivity contribution in [2.45, 2.75) is 57.5 Å². The van der Waals surface area contributed by atoms with Gasteiger partial charge in [-0.15, -0.1) is 24.8 Å². The van der Waals surface area contributed by atoms with Crippen molar-refractivity contribution < 1.29 is 4.74 Å². The highest BCUT2D eigenvalue weighted by Crippen LogP contribution is 2.27. The largest absolute Gasteiger partial charge is 0.378 e. The summed E-state index contributed by atoms with van der Waals surface area (Å²) in [6.45, 7) is 5.72. The molecule has 0 aromatic heterocycles. The molecule has 2 rings (SSSR count). The van der Waals surface area contributed by atoms with Gasteiger partial charge in [0.1, 0.15) is 0 Å². The van der Waals surface area contributed by atoms with E-state index in [1.54, 1.807) is 0 Å². The maximum Gasteiger partial charge on any atom is 0.0599 e. The second-order valence-electron chi connectivity index (χ2n) is 5.88. The van der Waals surface area contributed by atoms with Gasteiger partial charge in [-0.1, -0.05) is 12.8 Å². The van der Waals surface area contributed by atoms with Gasteiger partial charge >= 0.3 is 0 Å². The number of halogens is 2. The fraction of sp³-hybridized carbons (Fsp3) is 1.00. The molecule has 2 fully saturated rings. The zero-order valence-corrected chi connectivity index (χ0v) is 14.2. The molecule has 0 aromatic carbocycles. The Labute approximate surface area is 136 Å². The van der Waals surface area contributed by atoms with Crippen molar-refractivity contribution in [2.24, 2.45) is 5.92 Å². The van der Waals surface area contributed by atoms with Crippen molar-refractivity contribution >= 4 is 24.8 Å². The predicted molar refractivity (Wildman–Crippen MR) is 90.4 cm³/mol. The van der Waals surface area contributed by atoms with E-state index in [-0.39, 0.29) is 24.8 Å². The quantitative estimate of drug-likeness (QED) is 0.605. The number of rotatable bonds is 10. The van der Waals surface area contributed by atoms with Crippen molar-refractivity contribution in [2.75, 3.05) is 32.8 Å². The summed E-state index contributed by atoms with van der Waals surface area (Å²) in [6, 6.07) is 0. The van der Waals surface area contributed by atoms with Gasteiger partial charge < -0.3 is 15.4 Å².